The van der Waals surface area contributed by atoms with Crippen molar-refractivity contribution < 1.29 is 18.3 Å². The quantitative estimate of drug-likeness (QED) is 0.482. The molecule has 0 radical (unpaired) electrons. The Labute approximate surface area is 119 Å². The number of ether oxygens (including phenoxy) is 1. The number of carbonyl (C=O) groups excluding carboxylic acids is 1. The van der Waals surface area contributed by atoms with E-state index in [0.29, 0.717) is 12.2 Å². The molecule has 0 aliphatic carbocycles. The second-order valence-corrected chi connectivity index (χ2v) is 3.98. The summed E-state index contributed by atoms with van der Waals surface area (Å²) in [7, 11) is 0. The van der Waals surface area contributed by atoms with Gasteiger partial charge in [0.1, 0.15) is 17.4 Å². The number of halogens is 2. The number of hydrogen-bond donors (Lipinski definition) is 0. The monoisotopic (exact) mass is 288 g/mol. The van der Waals surface area contributed by atoms with Crippen molar-refractivity contribution in [3.63, 3.8) is 0 Å². The summed E-state index contributed by atoms with van der Waals surface area (Å²) < 4.78 is 30.5. The van der Waals surface area contributed by atoms with E-state index in [2.05, 4.69) is 14.9 Å². The highest BCUT2D eigenvalue weighted by Crippen LogP contribution is 2.10. The van der Waals surface area contributed by atoms with Crippen LogP contribution in [0.4, 0.5) is 8.78 Å². The zero-order chi connectivity index (χ0) is 15.1. The molecule has 0 spiro atoms. The average Bonchev–Trinajstić information content (AvgIpc) is 2.45. The number of benzene rings is 2. The minimum Gasteiger partial charge on any atom is -0.429 e. The molecule has 0 fully saturated rings. The van der Waals surface area contributed by atoms with Gasteiger partial charge in [-0.15, -0.1) is 0 Å². The molecular weight excluding hydrogens is 278 g/mol. The molecule has 0 aromatic heterocycles. The first kappa shape index (κ1) is 14.5. The highest BCUT2D eigenvalue weighted by Gasteiger charge is 1.97. The number of rotatable bonds is 5. The van der Waals surface area contributed by atoms with Crippen molar-refractivity contribution >= 4 is 18.9 Å². The maximum absolute atomic E-state index is 12.9. The van der Waals surface area contributed by atoms with Crippen molar-refractivity contribution in [2.24, 2.45) is 10.2 Å². The lowest BCUT2D eigenvalue weighted by Gasteiger charge is -1.96. The molecule has 21 heavy (non-hydrogen) atoms. The van der Waals surface area contributed by atoms with E-state index < -0.39 is 11.6 Å². The van der Waals surface area contributed by atoms with Gasteiger partial charge in [0.15, 0.2) is 0 Å². The first-order chi connectivity index (χ1) is 10.2. The van der Waals surface area contributed by atoms with E-state index >= 15 is 0 Å². The lowest BCUT2D eigenvalue weighted by atomic mass is 10.2. The summed E-state index contributed by atoms with van der Waals surface area (Å²) in [6, 6.07) is 9.63. The summed E-state index contributed by atoms with van der Waals surface area (Å²) in [5.41, 5.74) is 1.01. The summed E-state index contributed by atoms with van der Waals surface area (Å²) in [5.74, 6) is -0.932. The van der Waals surface area contributed by atoms with Crippen LogP contribution in [0, 0.1) is 11.6 Å². The molecule has 0 aliphatic heterocycles. The van der Waals surface area contributed by atoms with Gasteiger partial charge in [-0.05, 0) is 42.0 Å². The van der Waals surface area contributed by atoms with Crippen molar-refractivity contribution in [1.29, 1.82) is 0 Å². The molecule has 0 unspecified atom stereocenters. The van der Waals surface area contributed by atoms with Gasteiger partial charge >= 0.3 is 0 Å². The van der Waals surface area contributed by atoms with Crippen LogP contribution in [0.1, 0.15) is 11.1 Å². The number of carbonyl (C=O) groups is 1. The molecule has 2 aromatic rings. The Bertz CT molecular complexity index is 662. The maximum Gasteiger partial charge on any atom is 0.298 e. The molecule has 2 aromatic carbocycles. The van der Waals surface area contributed by atoms with Crippen LogP contribution in [-0.4, -0.2) is 18.9 Å². The summed E-state index contributed by atoms with van der Waals surface area (Å²) >= 11 is 0. The van der Waals surface area contributed by atoms with Crippen LogP contribution in [0.3, 0.4) is 0 Å². The summed E-state index contributed by atoms with van der Waals surface area (Å²) in [5, 5.41) is 7.46. The first-order valence-corrected chi connectivity index (χ1v) is 5.90. The minimum absolute atomic E-state index is 0.277. The molecule has 0 N–H and O–H groups in total. The third-order valence-electron chi connectivity index (χ3n) is 2.43. The van der Waals surface area contributed by atoms with Crippen LogP contribution in [0.2, 0.25) is 0 Å². The van der Waals surface area contributed by atoms with Crippen molar-refractivity contribution in [2.75, 3.05) is 0 Å². The Balaban J connectivity index is 2.00. The van der Waals surface area contributed by atoms with Gasteiger partial charge in [0.05, 0.1) is 12.4 Å². The predicted octanol–water partition coefficient (Wildman–Crippen LogP) is 2.95. The summed E-state index contributed by atoms with van der Waals surface area (Å²) in [4.78, 5) is 10.1. The topological polar surface area (TPSA) is 51.0 Å². The van der Waals surface area contributed by atoms with E-state index in [9.17, 15) is 13.6 Å². The second-order valence-electron chi connectivity index (χ2n) is 3.98. The van der Waals surface area contributed by atoms with Crippen LogP contribution in [0.15, 0.2) is 52.7 Å². The lowest BCUT2D eigenvalue weighted by molar-refractivity contribution is -0.120. The summed E-state index contributed by atoms with van der Waals surface area (Å²) in [6.45, 7) is 0.339. The van der Waals surface area contributed by atoms with E-state index in [1.807, 2.05) is 0 Å². The fourth-order valence-corrected chi connectivity index (χ4v) is 1.54. The third kappa shape index (κ3) is 4.61. The standard InChI is InChI=1S/C15H10F2N2O2/c16-13-5-12(6-14(17)7-13)9-19-18-8-11-1-3-15(4-2-11)21-10-20/h1-10H/b18-8+,19-9+. The SMILES string of the molecule is O=COc1ccc(/C=N/N=C/c2cc(F)cc(F)c2)cc1. The largest absolute Gasteiger partial charge is 0.429 e. The van der Waals surface area contributed by atoms with Gasteiger partial charge in [-0.1, -0.05) is 0 Å². The first-order valence-electron chi connectivity index (χ1n) is 5.90. The predicted molar refractivity (Wildman–Crippen MR) is 74.7 cm³/mol. The van der Waals surface area contributed by atoms with Gasteiger partial charge < -0.3 is 4.74 Å². The van der Waals surface area contributed by atoms with Crippen molar-refractivity contribution in [3.05, 3.63) is 65.2 Å². The van der Waals surface area contributed by atoms with E-state index in [4.69, 9.17) is 0 Å². The van der Waals surface area contributed by atoms with E-state index in [0.717, 1.165) is 23.8 Å². The highest BCUT2D eigenvalue weighted by molar-refractivity contribution is 5.82. The molecule has 0 atom stereocenters. The van der Waals surface area contributed by atoms with Gasteiger partial charge in [0.2, 0.25) is 0 Å². The zero-order valence-electron chi connectivity index (χ0n) is 10.7. The van der Waals surface area contributed by atoms with Crippen LogP contribution in [0.5, 0.6) is 5.75 Å². The fourth-order valence-electron chi connectivity index (χ4n) is 1.54. The van der Waals surface area contributed by atoms with Gasteiger partial charge in [-0.3, -0.25) is 4.79 Å². The van der Waals surface area contributed by atoms with Crippen LogP contribution < -0.4 is 4.74 Å². The number of nitrogens with zero attached hydrogens (tertiary/aromatic N) is 2. The van der Waals surface area contributed by atoms with Crippen LogP contribution in [0.25, 0.3) is 0 Å². The maximum atomic E-state index is 12.9. The molecule has 0 saturated carbocycles. The Morgan fingerprint density at radius 3 is 2.00 bits per heavy atom. The Morgan fingerprint density at radius 1 is 0.857 bits per heavy atom. The zero-order valence-corrected chi connectivity index (χ0v) is 10.7. The molecular formula is C15H10F2N2O2. The second kappa shape index (κ2) is 7.04. The molecule has 2 rings (SSSR count). The Hall–Kier alpha value is -2.89. The van der Waals surface area contributed by atoms with Gasteiger partial charge in [-0.25, -0.2) is 8.78 Å². The van der Waals surface area contributed by atoms with Gasteiger partial charge in [0.25, 0.3) is 6.47 Å². The van der Waals surface area contributed by atoms with Crippen LogP contribution >= 0.6 is 0 Å². The Morgan fingerprint density at radius 2 is 1.43 bits per heavy atom. The van der Waals surface area contributed by atoms with Gasteiger partial charge in [0, 0.05) is 11.6 Å². The van der Waals surface area contributed by atoms with Gasteiger partial charge in [-0.2, -0.15) is 10.2 Å². The van der Waals surface area contributed by atoms with Crippen molar-refractivity contribution in [2.45, 2.75) is 0 Å². The van der Waals surface area contributed by atoms with E-state index in [1.165, 1.54) is 12.4 Å². The lowest BCUT2D eigenvalue weighted by Crippen LogP contribution is -1.88. The molecule has 0 bridgehead atoms. The molecule has 106 valence electrons. The molecule has 4 nitrogen and oxygen atoms in total. The average molecular weight is 288 g/mol. The summed E-state index contributed by atoms with van der Waals surface area (Å²) in [6.07, 6.45) is 2.70. The van der Waals surface area contributed by atoms with E-state index in [1.54, 1.807) is 24.3 Å². The highest BCUT2D eigenvalue weighted by atomic mass is 19.1. The third-order valence-corrected chi connectivity index (χ3v) is 2.43. The fraction of sp³-hybridized carbons (Fsp3) is 0. The normalized spacial score (nSPS) is 11.1. The van der Waals surface area contributed by atoms with E-state index in [-0.39, 0.29) is 5.56 Å². The molecule has 0 heterocycles. The molecule has 0 aliphatic rings. The Kier molecular flexibility index (Phi) is 4.87. The molecule has 6 heteroatoms. The van der Waals surface area contributed by atoms with Crippen molar-refractivity contribution in [1.82, 2.24) is 0 Å². The van der Waals surface area contributed by atoms with Crippen LogP contribution in [-0.2, 0) is 4.79 Å². The minimum atomic E-state index is -0.675. The smallest absolute Gasteiger partial charge is 0.298 e. The molecule has 0 amide bonds. The van der Waals surface area contributed by atoms with Crippen molar-refractivity contribution in [3.8, 4) is 5.75 Å². The molecule has 0 saturated heterocycles. The number of hydrogen-bond acceptors (Lipinski definition) is 4.